The Balaban J connectivity index is 2.80. The topological polar surface area (TPSA) is 55.8 Å². The van der Waals surface area contributed by atoms with Crippen LogP contribution >= 0.6 is 0 Å². The van der Waals surface area contributed by atoms with Crippen molar-refractivity contribution in [1.82, 2.24) is 0 Å². The zero-order valence-electron chi connectivity index (χ0n) is 9.97. The minimum atomic E-state index is -0.195. The molecule has 0 aliphatic heterocycles. The van der Waals surface area contributed by atoms with Crippen LogP contribution in [0.2, 0.25) is 0 Å². The molecule has 0 heterocycles. The van der Waals surface area contributed by atoms with Gasteiger partial charge in [0.2, 0.25) is 0 Å². The summed E-state index contributed by atoms with van der Waals surface area (Å²) in [6.07, 6.45) is 1.30. The summed E-state index contributed by atoms with van der Waals surface area (Å²) in [6, 6.07) is 6.72. The van der Waals surface area contributed by atoms with Gasteiger partial charge in [-0.25, -0.2) is 0 Å². The first-order valence-corrected chi connectivity index (χ1v) is 5.33. The molecule has 0 fully saturated rings. The van der Waals surface area contributed by atoms with Crippen molar-refractivity contribution < 1.29 is 19.4 Å². The third-order valence-corrected chi connectivity index (χ3v) is 2.16. The predicted octanol–water partition coefficient (Wildman–Crippen LogP) is 1.89. The molecule has 4 nitrogen and oxygen atoms in total. The number of hydrogen-bond donors (Lipinski definition) is 1. The number of ether oxygens (including phenoxy) is 2. The molecule has 0 unspecified atom stereocenters. The lowest BCUT2D eigenvalue weighted by Crippen LogP contribution is -2.01. The summed E-state index contributed by atoms with van der Waals surface area (Å²) < 4.78 is 10.0. The molecule has 1 aromatic carbocycles. The summed E-state index contributed by atoms with van der Waals surface area (Å²) >= 11 is 0. The summed E-state index contributed by atoms with van der Waals surface area (Å²) in [5.74, 6) is 0.00326. The van der Waals surface area contributed by atoms with Crippen LogP contribution in [0.4, 0.5) is 0 Å². The molecule has 0 spiro atoms. The molecule has 0 saturated heterocycles. The van der Waals surface area contributed by atoms with Crippen molar-refractivity contribution in [2.75, 3.05) is 13.7 Å². The lowest BCUT2D eigenvalue weighted by molar-refractivity contribution is 0.0662. The maximum atomic E-state index is 11.8. The van der Waals surface area contributed by atoms with Crippen LogP contribution in [0.5, 0.6) is 0 Å². The Morgan fingerprint density at radius 2 is 2.00 bits per heavy atom. The summed E-state index contributed by atoms with van der Waals surface area (Å²) in [4.78, 5) is 11.8. The summed E-state index contributed by atoms with van der Waals surface area (Å²) in [6.45, 7) is 2.22. The fraction of sp³-hybridized carbons (Fsp3) is 0.308. The number of allylic oxidation sites excluding steroid dienone is 1. The second kappa shape index (κ2) is 6.70. The summed E-state index contributed by atoms with van der Waals surface area (Å²) in [7, 11) is 1.45. The van der Waals surface area contributed by atoms with Gasteiger partial charge in [-0.05, 0) is 12.5 Å². The van der Waals surface area contributed by atoms with E-state index < -0.39 is 0 Å². The van der Waals surface area contributed by atoms with Gasteiger partial charge in [0.15, 0.2) is 5.78 Å². The predicted molar refractivity (Wildman–Crippen MR) is 63.4 cm³/mol. The monoisotopic (exact) mass is 236 g/mol. The first-order chi connectivity index (χ1) is 8.21. The number of aliphatic hydroxyl groups excluding tert-OH is 1. The fourth-order valence-electron chi connectivity index (χ4n) is 1.27. The van der Waals surface area contributed by atoms with E-state index in [1.54, 1.807) is 24.3 Å². The van der Waals surface area contributed by atoms with Gasteiger partial charge in [-0.3, -0.25) is 4.79 Å². The molecule has 0 saturated carbocycles. The number of rotatable bonds is 6. The van der Waals surface area contributed by atoms with Gasteiger partial charge in [0.05, 0.1) is 26.4 Å². The van der Waals surface area contributed by atoms with Crippen LogP contribution in [-0.4, -0.2) is 24.6 Å². The van der Waals surface area contributed by atoms with E-state index in [9.17, 15) is 4.79 Å². The molecule has 92 valence electrons. The van der Waals surface area contributed by atoms with Crippen molar-refractivity contribution in [1.29, 1.82) is 0 Å². The van der Waals surface area contributed by atoms with Crippen molar-refractivity contribution in [3.05, 3.63) is 47.4 Å². The van der Waals surface area contributed by atoms with E-state index in [2.05, 4.69) is 0 Å². The minimum absolute atomic E-state index is 0.0351. The van der Waals surface area contributed by atoms with Gasteiger partial charge in [-0.15, -0.1) is 0 Å². The molecule has 0 radical (unpaired) electrons. The molecule has 1 N–H and O–H groups in total. The molecule has 0 amide bonds. The van der Waals surface area contributed by atoms with Crippen LogP contribution in [0.1, 0.15) is 22.8 Å². The molecule has 0 atom stereocenters. The Hall–Kier alpha value is -1.81. The van der Waals surface area contributed by atoms with E-state index in [1.165, 1.54) is 13.2 Å². The van der Waals surface area contributed by atoms with Gasteiger partial charge < -0.3 is 14.6 Å². The zero-order valence-corrected chi connectivity index (χ0v) is 9.97. The number of carbonyl (C=O) groups is 1. The van der Waals surface area contributed by atoms with E-state index in [1.807, 2.05) is 6.92 Å². The van der Waals surface area contributed by atoms with Gasteiger partial charge in [-0.1, -0.05) is 24.3 Å². The van der Waals surface area contributed by atoms with E-state index >= 15 is 0 Å². The lowest BCUT2D eigenvalue weighted by atomic mass is 10.1. The standard InChI is InChI=1S/C13H16O4/c1-3-17-13(16-2)8-12(15)11-6-4-10(9-14)5-7-11/h4-8,14H,3,9H2,1-2H3/b13-8+. The molecule has 0 aliphatic carbocycles. The number of benzene rings is 1. The van der Waals surface area contributed by atoms with E-state index in [0.717, 1.165) is 5.56 Å². The van der Waals surface area contributed by atoms with Crippen molar-refractivity contribution >= 4 is 5.78 Å². The maximum Gasteiger partial charge on any atom is 0.282 e. The highest BCUT2D eigenvalue weighted by atomic mass is 16.7. The second-order valence-corrected chi connectivity index (χ2v) is 3.32. The van der Waals surface area contributed by atoms with Crippen molar-refractivity contribution in [2.45, 2.75) is 13.5 Å². The molecule has 1 rings (SSSR count). The van der Waals surface area contributed by atoms with E-state index in [4.69, 9.17) is 14.6 Å². The molecule has 0 aliphatic rings. The average molecular weight is 236 g/mol. The number of aliphatic hydroxyl groups is 1. The minimum Gasteiger partial charge on any atom is -0.469 e. The number of carbonyl (C=O) groups excluding carboxylic acids is 1. The van der Waals surface area contributed by atoms with E-state index in [-0.39, 0.29) is 18.3 Å². The molecular weight excluding hydrogens is 220 g/mol. The number of ketones is 1. The smallest absolute Gasteiger partial charge is 0.282 e. The van der Waals surface area contributed by atoms with Crippen molar-refractivity contribution in [3.8, 4) is 0 Å². The average Bonchev–Trinajstić information content (AvgIpc) is 2.38. The van der Waals surface area contributed by atoms with Crippen LogP contribution in [0.25, 0.3) is 0 Å². The summed E-state index contributed by atoms with van der Waals surface area (Å²) in [5, 5.41) is 8.88. The SMILES string of the molecule is CCO/C(=C/C(=O)c1ccc(CO)cc1)OC. The van der Waals surface area contributed by atoms with Crippen LogP contribution in [0.15, 0.2) is 36.3 Å². The molecule has 17 heavy (non-hydrogen) atoms. The van der Waals surface area contributed by atoms with Gasteiger partial charge in [-0.2, -0.15) is 0 Å². The lowest BCUT2D eigenvalue weighted by Gasteiger charge is -2.05. The molecular formula is C13H16O4. The highest BCUT2D eigenvalue weighted by Gasteiger charge is 2.06. The molecule has 0 aromatic heterocycles. The van der Waals surface area contributed by atoms with Crippen molar-refractivity contribution in [3.63, 3.8) is 0 Å². The Bertz CT molecular complexity index is 392. The fourth-order valence-corrected chi connectivity index (χ4v) is 1.27. The van der Waals surface area contributed by atoms with Gasteiger partial charge in [0, 0.05) is 5.56 Å². The van der Waals surface area contributed by atoms with Crippen LogP contribution in [0, 0.1) is 0 Å². The first kappa shape index (κ1) is 13.3. The van der Waals surface area contributed by atoms with Crippen LogP contribution in [0.3, 0.4) is 0 Å². The normalized spacial score (nSPS) is 11.1. The summed E-state index contributed by atoms with van der Waals surface area (Å²) in [5.41, 5.74) is 1.29. The Morgan fingerprint density at radius 3 is 2.47 bits per heavy atom. The maximum absolute atomic E-state index is 11.8. The van der Waals surface area contributed by atoms with Gasteiger partial charge in [0.25, 0.3) is 5.95 Å². The highest BCUT2D eigenvalue weighted by Crippen LogP contribution is 2.08. The molecule has 1 aromatic rings. The Labute approximate surface area is 100 Å². The van der Waals surface area contributed by atoms with Crippen LogP contribution in [-0.2, 0) is 16.1 Å². The Morgan fingerprint density at radius 1 is 1.35 bits per heavy atom. The van der Waals surface area contributed by atoms with Crippen molar-refractivity contribution in [2.24, 2.45) is 0 Å². The number of methoxy groups -OCH3 is 1. The van der Waals surface area contributed by atoms with Gasteiger partial charge in [0.1, 0.15) is 0 Å². The highest BCUT2D eigenvalue weighted by molar-refractivity contribution is 6.04. The number of hydrogen-bond acceptors (Lipinski definition) is 4. The zero-order chi connectivity index (χ0) is 12.7. The van der Waals surface area contributed by atoms with Gasteiger partial charge >= 0.3 is 0 Å². The first-order valence-electron chi connectivity index (χ1n) is 5.33. The largest absolute Gasteiger partial charge is 0.469 e. The third kappa shape index (κ3) is 3.92. The molecule has 4 heteroatoms. The second-order valence-electron chi connectivity index (χ2n) is 3.32. The van der Waals surface area contributed by atoms with E-state index in [0.29, 0.717) is 12.2 Å². The quantitative estimate of drug-likeness (QED) is 0.465. The van der Waals surface area contributed by atoms with Crippen LogP contribution < -0.4 is 0 Å². The third-order valence-electron chi connectivity index (χ3n) is 2.16. The Kier molecular flexibility index (Phi) is 5.23. The molecule has 0 bridgehead atoms.